The first-order valence-corrected chi connectivity index (χ1v) is 16.3. The number of carbonyl (C=O) groups is 2. The average molecular weight is 687 g/mol. The Bertz CT molecular complexity index is 1740. The number of amides is 2. The maximum Gasteiger partial charge on any atom is 0.406 e. The number of hydrogen-bond donors (Lipinski definition) is 3. The molecule has 2 fully saturated rings. The number of aromatic nitrogens is 2. The van der Waals surface area contributed by atoms with Crippen LogP contribution in [0.2, 0.25) is 0 Å². The van der Waals surface area contributed by atoms with Crippen molar-refractivity contribution in [3.8, 4) is 17.6 Å². The second kappa shape index (κ2) is 15.0. The molecule has 49 heavy (non-hydrogen) atoms. The van der Waals surface area contributed by atoms with Crippen LogP contribution in [-0.4, -0.2) is 90.5 Å². The Labute approximate surface area is 282 Å². The van der Waals surface area contributed by atoms with E-state index in [0.717, 1.165) is 49.3 Å². The number of fused-ring (bicyclic) bond motifs is 1. The van der Waals surface area contributed by atoms with Crippen molar-refractivity contribution >= 4 is 28.5 Å². The van der Waals surface area contributed by atoms with Crippen molar-refractivity contribution in [2.24, 2.45) is 5.92 Å². The number of rotatable bonds is 8. The number of carbonyl (C=O) groups excluding carboxylic acids is 2. The highest BCUT2D eigenvalue weighted by Gasteiger charge is 2.35. The van der Waals surface area contributed by atoms with Gasteiger partial charge in [0.05, 0.1) is 54.5 Å². The zero-order valence-corrected chi connectivity index (χ0v) is 28.2. The van der Waals surface area contributed by atoms with E-state index in [4.69, 9.17) is 9.47 Å². The zero-order valence-electron chi connectivity index (χ0n) is 28.2. The van der Waals surface area contributed by atoms with Gasteiger partial charge in [-0.05, 0) is 57.2 Å². The van der Waals surface area contributed by atoms with Crippen molar-refractivity contribution in [1.29, 1.82) is 0 Å². The van der Waals surface area contributed by atoms with Gasteiger partial charge in [0.1, 0.15) is 23.6 Å². The number of hydrogen-bond acceptors (Lipinski definition) is 7. The molecule has 2 aromatic carbocycles. The molecular formula is C35H42F4N6O4. The van der Waals surface area contributed by atoms with Gasteiger partial charge in [-0.25, -0.2) is 9.37 Å². The van der Waals surface area contributed by atoms with Crippen molar-refractivity contribution in [2.75, 3.05) is 39.1 Å². The van der Waals surface area contributed by atoms with E-state index in [1.54, 1.807) is 0 Å². The van der Waals surface area contributed by atoms with Crippen molar-refractivity contribution in [3.63, 3.8) is 0 Å². The normalized spacial score (nSPS) is 23.0. The lowest BCUT2D eigenvalue weighted by Crippen LogP contribution is -2.54. The van der Waals surface area contributed by atoms with Gasteiger partial charge in [-0.1, -0.05) is 18.8 Å². The average Bonchev–Trinajstić information content (AvgIpc) is 3.43. The van der Waals surface area contributed by atoms with Crippen molar-refractivity contribution in [2.45, 2.75) is 77.0 Å². The third kappa shape index (κ3) is 8.63. The molecule has 264 valence electrons. The van der Waals surface area contributed by atoms with E-state index in [-0.39, 0.29) is 58.6 Å². The number of likely N-dealkylation sites (tertiary alicyclic amines) is 1. The molecule has 2 amide bonds. The fraction of sp³-hybridized carbons (Fsp3) is 0.514. The zero-order chi connectivity index (χ0) is 35.5. The monoisotopic (exact) mass is 686 g/mol. The minimum atomic E-state index is -4.51. The smallest absolute Gasteiger partial charge is 0.406 e. The summed E-state index contributed by atoms with van der Waals surface area (Å²) in [4.78, 5) is 32.5. The summed E-state index contributed by atoms with van der Waals surface area (Å²) >= 11 is 0. The molecule has 10 nitrogen and oxygen atoms in total. The summed E-state index contributed by atoms with van der Waals surface area (Å²) < 4.78 is 66.8. The van der Waals surface area contributed by atoms with Gasteiger partial charge in [0.2, 0.25) is 0 Å². The molecule has 14 heteroatoms. The summed E-state index contributed by atoms with van der Waals surface area (Å²) in [5.74, 6) is 4.30. The third-order valence-electron chi connectivity index (χ3n) is 9.12. The first-order valence-electron chi connectivity index (χ1n) is 16.3. The Hall–Kier alpha value is -4.35. The van der Waals surface area contributed by atoms with Gasteiger partial charge in [-0.3, -0.25) is 14.5 Å². The second-order valence-corrected chi connectivity index (χ2v) is 12.9. The Morgan fingerprint density at radius 2 is 1.82 bits per heavy atom. The van der Waals surface area contributed by atoms with Crippen LogP contribution in [0.25, 0.3) is 11.0 Å². The number of ether oxygens (including phenoxy) is 2. The van der Waals surface area contributed by atoms with E-state index in [1.165, 1.54) is 32.4 Å². The third-order valence-corrected chi connectivity index (χ3v) is 9.12. The van der Waals surface area contributed by atoms with E-state index in [0.29, 0.717) is 17.3 Å². The van der Waals surface area contributed by atoms with Gasteiger partial charge in [-0.2, -0.15) is 13.2 Å². The Morgan fingerprint density at radius 3 is 2.47 bits per heavy atom. The van der Waals surface area contributed by atoms with Crippen LogP contribution in [-0.2, 0) is 11.3 Å². The molecule has 0 spiro atoms. The molecular weight excluding hydrogens is 644 g/mol. The van der Waals surface area contributed by atoms with E-state index in [9.17, 15) is 27.2 Å². The highest BCUT2D eigenvalue weighted by atomic mass is 19.4. The Kier molecular flexibility index (Phi) is 11.0. The fourth-order valence-corrected chi connectivity index (χ4v) is 6.82. The summed E-state index contributed by atoms with van der Waals surface area (Å²) in [7, 11) is 2.74. The fourth-order valence-electron chi connectivity index (χ4n) is 6.82. The molecule has 2 aliphatic rings. The number of nitrogens with zero attached hydrogens (tertiary/aromatic N) is 3. The van der Waals surface area contributed by atoms with E-state index in [1.807, 2.05) is 0 Å². The van der Waals surface area contributed by atoms with Crippen LogP contribution in [0.1, 0.15) is 66.3 Å². The molecule has 3 N–H and O–H groups in total. The molecule has 1 unspecified atom stereocenters. The van der Waals surface area contributed by atoms with Gasteiger partial charge >= 0.3 is 6.18 Å². The standard InChI is InChI=1S/C35H42F4N6O4/c1-20-17-44(24-11-21(2)49-22(3)12-24)10-8-28(20)43-34(47)26-13-23(14-30-32(26)42-19-45(30)18-35(37,38)39)7-6-9-41-29-15-25(33(46)40-4)27(36)16-31(29)48-5/h13-16,19-22,24,28,41H,8-12,17-18H2,1-5H3,(H,40,46)(H,43,47)/t20-,21-,22+,24?,28-/m0/s1. The maximum absolute atomic E-state index is 14.4. The topological polar surface area (TPSA) is 110 Å². The van der Waals surface area contributed by atoms with Gasteiger partial charge < -0.3 is 30.0 Å². The Morgan fingerprint density at radius 1 is 1.08 bits per heavy atom. The lowest BCUT2D eigenvalue weighted by molar-refractivity contribution is -0.140. The highest BCUT2D eigenvalue weighted by molar-refractivity contribution is 6.05. The molecule has 2 saturated heterocycles. The maximum atomic E-state index is 14.4. The van der Waals surface area contributed by atoms with Crippen LogP contribution in [0.4, 0.5) is 23.2 Å². The Balaban J connectivity index is 1.36. The highest BCUT2D eigenvalue weighted by Crippen LogP contribution is 2.30. The minimum Gasteiger partial charge on any atom is -0.494 e. The van der Waals surface area contributed by atoms with Crippen LogP contribution >= 0.6 is 0 Å². The van der Waals surface area contributed by atoms with Crippen molar-refractivity contribution < 1.29 is 36.6 Å². The number of imidazole rings is 1. The summed E-state index contributed by atoms with van der Waals surface area (Å²) in [5, 5.41) is 8.49. The molecule has 3 aromatic rings. The van der Waals surface area contributed by atoms with Gasteiger partial charge in [0.25, 0.3) is 11.8 Å². The molecule has 0 saturated carbocycles. The lowest BCUT2D eigenvalue weighted by Gasteiger charge is -2.45. The minimum absolute atomic E-state index is 0.0112. The second-order valence-electron chi connectivity index (χ2n) is 12.9. The number of methoxy groups -OCH3 is 1. The SMILES string of the molecule is CNC(=O)c1cc(NCC#Cc2cc(C(=O)N[C@H]3CCN(C4C[C@@H](C)O[C@@H](C)C4)C[C@@H]3C)c3ncn(CC(F)(F)F)c3c2)c(OC)cc1F. The number of alkyl halides is 3. The van der Waals surface area contributed by atoms with Crippen LogP contribution in [0.5, 0.6) is 5.75 Å². The van der Waals surface area contributed by atoms with E-state index in [2.05, 4.69) is 58.4 Å². The first kappa shape index (κ1) is 35.9. The van der Waals surface area contributed by atoms with Crippen LogP contribution < -0.4 is 20.7 Å². The van der Waals surface area contributed by atoms with Crippen LogP contribution in [0, 0.1) is 23.6 Å². The number of halogens is 4. The predicted octanol–water partition coefficient (Wildman–Crippen LogP) is 4.97. The number of anilines is 1. The summed E-state index contributed by atoms with van der Waals surface area (Å²) in [5.41, 5.74) is 0.850. The van der Waals surface area contributed by atoms with Gasteiger partial charge in [-0.15, -0.1) is 0 Å². The molecule has 0 radical (unpaired) electrons. The lowest BCUT2D eigenvalue weighted by atomic mass is 9.89. The number of piperidine rings is 1. The molecule has 2 aliphatic heterocycles. The predicted molar refractivity (Wildman–Crippen MR) is 177 cm³/mol. The van der Waals surface area contributed by atoms with E-state index < -0.39 is 30.4 Å². The quantitative estimate of drug-likeness (QED) is 0.227. The summed E-state index contributed by atoms with van der Waals surface area (Å²) in [6, 6.07) is 5.67. The van der Waals surface area contributed by atoms with Gasteiger partial charge in [0.15, 0.2) is 0 Å². The number of nitrogens with one attached hydrogen (secondary N) is 3. The van der Waals surface area contributed by atoms with Gasteiger partial charge in [0, 0.05) is 43.9 Å². The molecule has 0 bridgehead atoms. The molecule has 0 aliphatic carbocycles. The van der Waals surface area contributed by atoms with Crippen molar-refractivity contribution in [1.82, 2.24) is 25.1 Å². The number of benzene rings is 2. The van der Waals surface area contributed by atoms with Crippen LogP contribution in [0.15, 0.2) is 30.6 Å². The van der Waals surface area contributed by atoms with E-state index >= 15 is 0 Å². The molecule has 1 aromatic heterocycles. The summed E-state index contributed by atoms with van der Waals surface area (Å²) in [6.45, 7) is 6.65. The molecule has 5 rings (SSSR count). The van der Waals surface area contributed by atoms with Crippen LogP contribution in [0.3, 0.4) is 0 Å². The molecule has 3 heterocycles. The van der Waals surface area contributed by atoms with Crippen molar-refractivity contribution in [3.05, 3.63) is 53.1 Å². The summed E-state index contributed by atoms with van der Waals surface area (Å²) in [6.07, 6.45) is -0.380. The molecule has 5 atom stereocenters. The largest absolute Gasteiger partial charge is 0.494 e. The first-order chi connectivity index (χ1) is 23.3.